The van der Waals surface area contributed by atoms with Crippen molar-refractivity contribution in [1.82, 2.24) is 10.2 Å². The van der Waals surface area contributed by atoms with Gasteiger partial charge in [0.2, 0.25) is 0 Å². The number of hydrogen-bond donors (Lipinski definition) is 2. The summed E-state index contributed by atoms with van der Waals surface area (Å²) in [6.07, 6.45) is 2.42. The van der Waals surface area contributed by atoms with Crippen LogP contribution in [0.1, 0.15) is 61.1 Å². The number of methoxy groups -OCH3 is 2. The molecule has 1 amide bonds. The van der Waals surface area contributed by atoms with Crippen molar-refractivity contribution >= 4 is 11.6 Å². The highest BCUT2D eigenvalue weighted by Crippen LogP contribution is 2.27. The first-order valence-electron chi connectivity index (χ1n) is 12.6. The predicted molar refractivity (Wildman–Crippen MR) is 143 cm³/mol. The zero-order valence-electron chi connectivity index (χ0n) is 22.3. The molecule has 1 atom stereocenters. The minimum atomic E-state index is -0.227. The van der Waals surface area contributed by atoms with Crippen LogP contribution in [0.25, 0.3) is 0 Å². The van der Waals surface area contributed by atoms with Gasteiger partial charge in [-0.15, -0.1) is 0 Å². The minimum absolute atomic E-state index is 0.110. The summed E-state index contributed by atoms with van der Waals surface area (Å²) in [7, 11) is 3.25. The van der Waals surface area contributed by atoms with Crippen LogP contribution >= 0.6 is 0 Å². The molecule has 0 radical (unpaired) electrons. The molecule has 2 aromatic rings. The molecule has 0 saturated carbocycles. The fourth-order valence-corrected chi connectivity index (χ4v) is 3.79. The molecule has 194 valence electrons. The summed E-state index contributed by atoms with van der Waals surface area (Å²) in [5.41, 5.74) is 3.46. The molecule has 0 spiro atoms. The van der Waals surface area contributed by atoms with Gasteiger partial charge in [0.05, 0.1) is 19.8 Å². The molecular weight excluding hydrogens is 442 g/mol. The average Bonchev–Trinajstić information content (AvgIpc) is 2.86. The van der Waals surface area contributed by atoms with Crippen LogP contribution in [0.4, 0.5) is 5.69 Å². The quantitative estimate of drug-likeness (QED) is 0.324. The van der Waals surface area contributed by atoms with Crippen molar-refractivity contribution in [2.75, 3.05) is 58.9 Å². The van der Waals surface area contributed by atoms with Gasteiger partial charge in [0.15, 0.2) is 0 Å². The number of likely N-dealkylation sites (N-methyl/N-ethyl adjacent to an activating group) is 1. The second kappa shape index (κ2) is 15.3. The number of nitrogens with zero attached hydrogens (tertiary/aromatic N) is 1. The van der Waals surface area contributed by atoms with Gasteiger partial charge in [-0.05, 0) is 68.8 Å². The maximum absolute atomic E-state index is 13.2. The van der Waals surface area contributed by atoms with Crippen molar-refractivity contribution in [3.63, 3.8) is 0 Å². The number of benzene rings is 2. The fraction of sp³-hybridized carbons (Fsp3) is 0.536. The van der Waals surface area contributed by atoms with Gasteiger partial charge in [0.1, 0.15) is 18.1 Å². The maximum atomic E-state index is 13.2. The largest absolute Gasteiger partial charge is 0.497 e. The zero-order chi connectivity index (χ0) is 25.6. The highest BCUT2D eigenvalue weighted by molar-refractivity contribution is 5.96. The number of unbranched alkanes of at least 4 members (excludes halogenated alkanes) is 1. The third-order valence-electron chi connectivity index (χ3n) is 6.06. The number of ether oxygens (including phenoxy) is 3. The number of rotatable bonds is 16. The Kier molecular flexibility index (Phi) is 12.4. The van der Waals surface area contributed by atoms with Gasteiger partial charge in [-0.2, -0.15) is 0 Å². The third kappa shape index (κ3) is 9.42. The smallest absolute Gasteiger partial charge is 0.252 e. The molecule has 7 nitrogen and oxygen atoms in total. The van der Waals surface area contributed by atoms with Gasteiger partial charge in [0.25, 0.3) is 5.91 Å². The van der Waals surface area contributed by atoms with E-state index in [9.17, 15) is 4.79 Å². The summed E-state index contributed by atoms with van der Waals surface area (Å²) in [5.74, 6) is 1.25. The van der Waals surface area contributed by atoms with E-state index in [0.717, 1.165) is 43.0 Å². The normalized spacial score (nSPS) is 11.9. The summed E-state index contributed by atoms with van der Waals surface area (Å²) in [5, 5.41) is 6.60. The summed E-state index contributed by atoms with van der Waals surface area (Å²) < 4.78 is 16.2. The van der Waals surface area contributed by atoms with Crippen molar-refractivity contribution in [3.8, 4) is 11.5 Å². The maximum Gasteiger partial charge on any atom is 0.252 e. The summed E-state index contributed by atoms with van der Waals surface area (Å²) in [6.45, 7) is 13.3. The monoisotopic (exact) mass is 485 g/mol. The Morgan fingerprint density at radius 2 is 1.80 bits per heavy atom. The minimum Gasteiger partial charge on any atom is -0.497 e. The number of carbonyl (C=O) groups is 1. The molecule has 0 saturated heterocycles. The Labute approximate surface area is 211 Å². The Balaban J connectivity index is 2.04. The molecule has 0 heterocycles. The molecule has 1 unspecified atom stereocenters. The van der Waals surface area contributed by atoms with Gasteiger partial charge in [-0.25, -0.2) is 0 Å². The number of aryl methyl sites for hydroxylation is 1. The molecule has 35 heavy (non-hydrogen) atoms. The van der Waals surface area contributed by atoms with Crippen LogP contribution in [0.5, 0.6) is 11.5 Å². The van der Waals surface area contributed by atoms with E-state index in [-0.39, 0.29) is 11.9 Å². The van der Waals surface area contributed by atoms with Crippen LogP contribution in [0, 0.1) is 6.92 Å². The van der Waals surface area contributed by atoms with Gasteiger partial charge in [-0.3, -0.25) is 4.79 Å². The lowest BCUT2D eigenvalue weighted by atomic mass is 10.0. The van der Waals surface area contributed by atoms with Crippen molar-refractivity contribution in [2.45, 2.75) is 46.6 Å². The lowest BCUT2D eigenvalue weighted by Gasteiger charge is -2.21. The number of carbonyl (C=O) groups excluding carboxylic acids is 1. The number of amides is 1. The van der Waals surface area contributed by atoms with Gasteiger partial charge >= 0.3 is 0 Å². The molecule has 2 aromatic carbocycles. The van der Waals surface area contributed by atoms with Crippen molar-refractivity contribution in [2.24, 2.45) is 0 Å². The molecule has 0 aliphatic heterocycles. The van der Waals surface area contributed by atoms with E-state index in [0.29, 0.717) is 30.3 Å². The Morgan fingerprint density at radius 3 is 2.49 bits per heavy atom. The molecule has 0 aromatic heterocycles. The van der Waals surface area contributed by atoms with E-state index in [1.807, 2.05) is 50.2 Å². The highest BCUT2D eigenvalue weighted by atomic mass is 16.5. The second-order valence-electron chi connectivity index (χ2n) is 8.72. The van der Waals surface area contributed by atoms with Crippen LogP contribution in [-0.2, 0) is 4.74 Å². The lowest BCUT2D eigenvalue weighted by molar-refractivity contribution is 0.0939. The predicted octanol–water partition coefficient (Wildman–Crippen LogP) is 5.05. The first kappa shape index (κ1) is 28.5. The van der Waals surface area contributed by atoms with Crippen LogP contribution in [0.3, 0.4) is 0 Å². The van der Waals surface area contributed by atoms with Gasteiger partial charge < -0.3 is 29.7 Å². The van der Waals surface area contributed by atoms with Crippen LogP contribution < -0.4 is 20.1 Å². The first-order valence-corrected chi connectivity index (χ1v) is 12.6. The summed E-state index contributed by atoms with van der Waals surface area (Å²) in [4.78, 5) is 15.6. The molecular formula is C28H43N3O4. The topological polar surface area (TPSA) is 72.1 Å². The van der Waals surface area contributed by atoms with E-state index in [1.165, 1.54) is 12.8 Å². The molecule has 0 bridgehead atoms. The summed E-state index contributed by atoms with van der Waals surface area (Å²) >= 11 is 0. The molecule has 0 aliphatic rings. The third-order valence-corrected chi connectivity index (χ3v) is 6.06. The standard InChI is InChI=1S/C28H43N3O4/c1-7-9-13-31(8-2)14-12-29-24-11-10-21(3)27(19-24)28(32)30-22(4)23-17-25(34-6)20-26(18-23)35-16-15-33-5/h10-11,17-20,22,29H,7-9,12-16H2,1-6H3,(H,30,32). The molecule has 7 heteroatoms. The van der Waals surface area contributed by atoms with E-state index in [4.69, 9.17) is 14.2 Å². The molecule has 2 N–H and O–H groups in total. The Hall–Kier alpha value is -2.77. The molecule has 0 aliphatic carbocycles. The fourth-order valence-electron chi connectivity index (χ4n) is 3.79. The zero-order valence-corrected chi connectivity index (χ0v) is 22.3. The second-order valence-corrected chi connectivity index (χ2v) is 8.72. The SMILES string of the molecule is CCCCN(CC)CCNc1ccc(C)c(C(=O)NC(C)c2cc(OC)cc(OCCOC)c2)c1. The Morgan fingerprint density at radius 1 is 1.03 bits per heavy atom. The lowest BCUT2D eigenvalue weighted by Crippen LogP contribution is -2.30. The number of nitrogens with one attached hydrogen (secondary N) is 2. The van der Waals surface area contributed by atoms with E-state index < -0.39 is 0 Å². The number of anilines is 1. The highest BCUT2D eigenvalue weighted by Gasteiger charge is 2.16. The summed E-state index contributed by atoms with van der Waals surface area (Å²) in [6, 6.07) is 11.4. The van der Waals surface area contributed by atoms with Crippen molar-refractivity contribution in [1.29, 1.82) is 0 Å². The van der Waals surface area contributed by atoms with Crippen molar-refractivity contribution in [3.05, 3.63) is 53.1 Å². The van der Waals surface area contributed by atoms with E-state index >= 15 is 0 Å². The van der Waals surface area contributed by atoms with Crippen LogP contribution in [0.2, 0.25) is 0 Å². The van der Waals surface area contributed by atoms with Crippen molar-refractivity contribution < 1.29 is 19.0 Å². The molecule has 2 rings (SSSR count). The van der Waals surface area contributed by atoms with Gasteiger partial charge in [-0.1, -0.05) is 26.3 Å². The average molecular weight is 486 g/mol. The van der Waals surface area contributed by atoms with E-state index in [2.05, 4.69) is 29.4 Å². The Bertz CT molecular complexity index is 919. The number of hydrogen-bond acceptors (Lipinski definition) is 6. The van der Waals surface area contributed by atoms with Crippen LogP contribution in [-0.4, -0.2) is 64.4 Å². The van der Waals surface area contributed by atoms with E-state index in [1.54, 1.807) is 14.2 Å². The van der Waals surface area contributed by atoms with Crippen LogP contribution in [0.15, 0.2) is 36.4 Å². The van der Waals surface area contributed by atoms with Gasteiger partial charge in [0, 0.05) is 37.5 Å². The molecule has 0 fully saturated rings. The first-order chi connectivity index (χ1) is 16.9.